The standard InChI is InChI=1S/C13H18N2O3/c1-15(17)13(16)14-8-10-7-12(10)9-3-5-11(18-2)6-4-9/h3-6,10,12,17H,7-8H2,1-2H3,(H,14,16). The van der Waals surface area contributed by atoms with Crippen molar-refractivity contribution in [1.82, 2.24) is 10.4 Å². The number of carbonyl (C=O) groups is 1. The lowest BCUT2D eigenvalue weighted by Gasteiger charge is -2.09. The minimum atomic E-state index is -0.463. The summed E-state index contributed by atoms with van der Waals surface area (Å²) < 4.78 is 5.11. The van der Waals surface area contributed by atoms with Gasteiger partial charge in [-0.15, -0.1) is 0 Å². The van der Waals surface area contributed by atoms with E-state index in [9.17, 15) is 4.79 Å². The SMILES string of the molecule is COc1ccc(C2CC2CNC(=O)N(C)O)cc1. The fraction of sp³-hybridized carbons (Fsp3) is 0.462. The molecule has 0 aliphatic heterocycles. The number of hydroxylamine groups is 2. The van der Waals surface area contributed by atoms with Gasteiger partial charge in [-0.25, -0.2) is 9.86 Å². The molecule has 1 aliphatic rings. The lowest BCUT2D eigenvalue weighted by Crippen LogP contribution is -2.36. The summed E-state index contributed by atoms with van der Waals surface area (Å²) in [5.74, 6) is 1.81. The Morgan fingerprint density at radius 1 is 1.50 bits per heavy atom. The van der Waals surface area contributed by atoms with E-state index in [-0.39, 0.29) is 0 Å². The minimum Gasteiger partial charge on any atom is -0.497 e. The van der Waals surface area contributed by atoms with Crippen LogP contribution in [0.2, 0.25) is 0 Å². The van der Waals surface area contributed by atoms with E-state index in [2.05, 4.69) is 17.4 Å². The van der Waals surface area contributed by atoms with Gasteiger partial charge < -0.3 is 10.1 Å². The number of hydrogen-bond acceptors (Lipinski definition) is 3. The fourth-order valence-electron chi connectivity index (χ4n) is 2.07. The molecule has 2 rings (SSSR count). The second-order valence-corrected chi connectivity index (χ2v) is 4.59. The Morgan fingerprint density at radius 3 is 2.72 bits per heavy atom. The molecule has 2 amide bonds. The average Bonchev–Trinajstić information content (AvgIpc) is 3.15. The Hall–Kier alpha value is -1.75. The van der Waals surface area contributed by atoms with Crippen molar-refractivity contribution in [2.45, 2.75) is 12.3 Å². The van der Waals surface area contributed by atoms with Gasteiger partial charge >= 0.3 is 6.03 Å². The van der Waals surface area contributed by atoms with Gasteiger partial charge in [0.2, 0.25) is 0 Å². The summed E-state index contributed by atoms with van der Waals surface area (Å²) in [6.07, 6.45) is 1.07. The number of urea groups is 1. The highest BCUT2D eigenvalue weighted by atomic mass is 16.5. The van der Waals surface area contributed by atoms with Crippen molar-refractivity contribution in [2.24, 2.45) is 5.92 Å². The predicted octanol–water partition coefficient (Wildman–Crippen LogP) is 1.83. The zero-order chi connectivity index (χ0) is 13.1. The van der Waals surface area contributed by atoms with E-state index in [4.69, 9.17) is 9.94 Å². The fourth-order valence-corrected chi connectivity index (χ4v) is 2.07. The maximum Gasteiger partial charge on any atom is 0.340 e. The van der Waals surface area contributed by atoms with Gasteiger partial charge in [-0.05, 0) is 36.0 Å². The first-order chi connectivity index (χ1) is 8.61. The van der Waals surface area contributed by atoms with Crippen LogP contribution in [0, 0.1) is 5.92 Å². The second-order valence-electron chi connectivity index (χ2n) is 4.59. The third kappa shape index (κ3) is 2.92. The van der Waals surface area contributed by atoms with Gasteiger partial charge in [0, 0.05) is 13.6 Å². The molecule has 2 unspecified atom stereocenters. The highest BCUT2D eigenvalue weighted by Gasteiger charge is 2.38. The summed E-state index contributed by atoms with van der Waals surface area (Å²) in [6, 6.07) is 7.55. The molecule has 5 nitrogen and oxygen atoms in total. The molecule has 98 valence electrons. The number of nitrogens with zero attached hydrogens (tertiary/aromatic N) is 1. The summed E-state index contributed by atoms with van der Waals surface area (Å²) in [6.45, 7) is 0.598. The van der Waals surface area contributed by atoms with Crippen molar-refractivity contribution in [3.8, 4) is 5.75 Å². The van der Waals surface area contributed by atoms with E-state index in [1.807, 2.05) is 12.1 Å². The first-order valence-corrected chi connectivity index (χ1v) is 5.96. The molecule has 0 radical (unpaired) electrons. The number of rotatable bonds is 4. The summed E-state index contributed by atoms with van der Waals surface area (Å²) in [5.41, 5.74) is 1.27. The number of hydrogen-bond donors (Lipinski definition) is 2. The monoisotopic (exact) mass is 250 g/mol. The molecule has 2 N–H and O–H groups in total. The van der Waals surface area contributed by atoms with Crippen LogP contribution in [0.25, 0.3) is 0 Å². The van der Waals surface area contributed by atoms with Crippen molar-refractivity contribution in [2.75, 3.05) is 20.7 Å². The van der Waals surface area contributed by atoms with Gasteiger partial charge in [-0.3, -0.25) is 5.21 Å². The maximum atomic E-state index is 11.2. The largest absolute Gasteiger partial charge is 0.497 e. The number of benzene rings is 1. The molecule has 0 spiro atoms. The second kappa shape index (κ2) is 5.27. The molecule has 1 fully saturated rings. The molecule has 1 saturated carbocycles. The summed E-state index contributed by atoms with van der Waals surface area (Å²) in [4.78, 5) is 11.2. The smallest absolute Gasteiger partial charge is 0.340 e. The molecule has 1 aromatic carbocycles. The Balaban J connectivity index is 1.81. The molecular weight excluding hydrogens is 232 g/mol. The maximum absolute atomic E-state index is 11.2. The Bertz CT molecular complexity index is 417. The number of amides is 2. The Labute approximate surface area is 106 Å². The summed E-state index contributed by atoms with van der Waals surface area (Å²) in [7, 11) is 2.96. The quantitative estimate of drug-likeness (QED) is 0.633. The highest BCUT2D eigenvalue weighted by molar-refractivity contribution is 5.72. The molecule has 2 atom stereocenters. The molecular formula is C13H18N2O3. The van der Waals surface area contributed by atoms with Crippen molar-refractivity contribution in [3.05, 3.63) is 29.8 Å². The lowest BCUT2D eigenvalue weighted by atomic mass is 10.1. The van der Waals surface area contributed by atoms with Crippen LogP contribution >= 0.6 is 0 Å². The molecule has 18 heavy (non-hydrogen) atoms. The van der Waals surface area contributed by atoms with E-state index in [0.717, 1.165) is 12.2 Å². The third-order valence-electron chi connectivity index (χ3n) is 3.28. The first kappa shape index (κ1) is 12.7. The molecule has 1 aliphatic carbocycles. The topological polar surface area (TPSA) is 61.8 Å². The molecule has 0 aromatic heterocycles. The van der Waals surface area contributed by atoms with Crippen LogP contribution in [0.1, 0.15) is 17.9 Å². The van der Waals surface area contributed by atoms with Crippen LogP contribution in [-0.2, 0) is 0 Å². The van der Waals surface area contributed by atoms with Crippen LogP contribution in [0.4, 0.5) is 4.79 Å². The van der Waals surface area contributed by atoms with Crippen LogP contribution in [0.5, 0.6) is 5.75 Å². The molecule has 0 saturated heterocycles. The Kier molecular flexibility index (Phi) is 3.72. The van der Waals surface area contributed by atoms with Crippen molar-refractivity contribution < 1.29 is 14.7 Å². The summed E-state index contributed by atoms with van der Waals surface area (Å²) >= 11 is 0. The molecule has 0 heterocycles. The number of nitrogens with one attached hydrogen (secondary N) is 1. The van der Waals surface area contributed by atoms with E-state index < -0.39 is 6.03 Å². The zero-order valence-electron chi connectivity index (χ0n) is 10.6. The van der Waals surface area contributed by atoms with Gasteiger partial charge in [0.15, 0.2) is 0 Å². The summed E-state index contributed by atoms with van der Waals surface area (Å²) in [5, 5.41) is 12.1. The first-order valence-electron chi connectivity index (χ1n) is 5.96. The van der Waals surface area contributed by atoms with Gasteiger partial charge in [0.25, 0.3) is 0 Å². The predicted molar refractivity (Wildman–Crippen MR) is 66.8 cm³/mol. The third-order valence-corrected chi connectivity index (χ3v) is 3.28. The zero-order valence-corrected chi connectivity index (χ0v) is 10.6. The van der Waals surface area contributed by atoms with Gasteiger partial charge in [0.05, 0.1) is 7.11 Å². The lowest BCUT2D eigenvalue weighted by molar-refractivity contribution is -0.0183. The van der Waals surface area contributed by atoms with Crippen molar-refractivity contribution in [1.29, 1.82) is 0 Å². The van der Waals surface area contributed by atoms with E-state index >= 15 is 0 Å². The van der Waals surface area contributed by atoms with Gasteiger partial charge in [-0.2, -0.15) is 0 Å². The number of ether oxygens (including phenoxy) is 1. The highest BCUT2D eigenvalue weighted by Crippen LogP contribution is 2.47. The van der Waals surface area contributed by atoms with Gasteiger partial charge in [0.1, 0.15) is 5.75 Å². The van der Waals surface area contributed by atoms with E-state index in [1.165, 1.54) is 12.6 Å². The molecule has 5 heteroatoms. The van der Waals surface area contributed by atoms with Crippen LogP contribution in [0.15, 0.2) is 24.3 Å². The normalized spacial score (nSPS) is 21.3. The van der Waals surface area contributed by atoms with Gasteiger partial charge in [-0.1, -0.05) is 12.1 Å². The minimum absolute atomic E-state index is 0.460. The molecule has 1 aromatic rings. The number of methoxy groups -OCH3 is 1. The van der Waals surface area contributed by atoms with Crippen LogP contribution in [0.3, 0.4) is 0 Å². The average molecular weight is 250 g/mol. The van der Waals surface area contributed by atoms with Crippen molar-refractivity contribution >= 4 is 6.03 Å². The molecule has 0 bridgehead atoms. The van der Waals surface area contributed by atoms with Crippen LogP contribution in [-0.4, -0.2) is 37.0 Å². The number of carbonyl (C=O) groups excluding carboxylic acids is 1. The van der Waals surface area contributed by atoms with E-state index in [0.29, 0.717) is 23.4 Å². The van der Waals surface area contributed by atoms with Crippen molar-refractivity contribution in [3.63, 3.8) is 0 Å². The van der Waals surface area contributed by atoms with Crippen LogP contribution < -0.4 is 10.1 Å². The Morgan fingerprint density at radius 2 is 2.17 bits per heavy atom. The van der Waals surface area contributed by atoms with E-state index in [1.54, 1.807) is 7.11 Å².